The molecule has 2 aromatic carbocycles. The van der Waals surface area contributed by atoms with E-state index in [1.54, 1.807) is 25.3 Å². The lowest BCUT2D eigenvalue weighted by molar-refractivity contribution is 0.0784. The van der Waals surface area contributed by atoms with Crippen LogP contribution in [0.3, 0.4) is 0 Å². The first kappa shape index (κ1) is 16.9. The van der Waals surface area contributed by atoms with Gasteiger partial charge in [0.05, 0.1) is 18.5 Å². The molecule has 0 bridgehead atoms. The SMILES string of the molecule is COCc1cccc(C(=O)N(C)Cc2cnn(-c3ccccc3)c2)c1. The van der Waals surface area contributed by atoms with E-state index in [2.05, 4.69) is 5.10 Å². The van der Waals surface area contributed by atoms with E-state index < -0.39 is 0 Å². The van der Waals surface area contributed by atoms with Crippen LogP contribution in [0.1, 0.15) is 21.5 Å². The van der Waals surface area contributed by atoms with Gasteiger partial charge in [-0.1, -0.05) is 30.3 Å². The van der Waals surface area contributed by atoms with Gasteiger partial charge in [0.15, 0.2) is 0 Å². The number of rotatable bonds is 6. The van der Waals surface area contributed by atoms with Crippen molar-refractivity contribution in [2.75, 3.05) is 14.2 Å². The smallest absolute Gasteiger partial charge is 0.253 e. The normalized spacial score (nSPS) is 10.6. The number of hydrogen-bond acceptors (Lipinski definition) is 3. The minimum atomic E-state index is -0.0228. The molecule has 0 aliphatic rings. The van der Waals surface area contributed by atoms with Gasteiger partial charge in [0, 0.05) is 38.0 Å². The lowest BCUT2D eigenvalue weighted by Crippen LogP contribution is -2.26. The van der Waals surface area contributed by atoms with E-state index in [4.69, 9.17) is 4.74 Å². The van der Waals surface area contributed by atoms with Crippen LogP contribution in [-0.4, -0.2) is 34.7 Å². The van der Waals surface area contributed by atoms with Crippen molar-refractivity contribution < 1.29 is 9.53 Å². The van der Waals surface area contributed by atoms with Crippen LogP contribution in [-0.2, 0) is 17.9 Å². The van der Waals surface area contributed by atoms with Crippen LogP contribution < -0.4 is 0 Å². The maximum atomic E-state index is 12.6. The van der Waals surface area contributed by atoms with E-state index in [-0.39, 0.29) is 5.91 Å². The predicted molar refractivity (Wildman–Crippen MR) is 96.5 cm³/mol. The zero-order chi connectivity index (χ0) is 17.6. The molecule has 0 N–H and O–H groups in total. The summed E-state index contributed by atoms with van der Waals surface area (Å²) in [6.07, 6.45) is 3.73. The number of para-hydroxylation sites is 1. The summed E-state index contributed by atoms with van der Waals surface area (Å²) < 4.78 is 6.94. The molecule has 3 aromatic rings. The quantitative estimate of drug-likeness (QED) is 0.694. The van der Waals surface area contributed by atoms with Crippen molar-refractivity contribution in [1.82, 2.24) is 14.7 Å². The van der Waals surface area contributed by atoms with E-state index in [0.717, 1.165) is 16.8 Å². The summed E-state index contributed by atoms with van der Waals surface area (Å²) in [4.78, 5) is 14.3. The summed E-state index contributed by atoms with van der Waals surface area (Å²) in [7, 11) is 3.44. The van der Waals surface area contributed by atoms with Gasteiger partial charge in [-0.05, 0) is 29.8 Å². The first-order valence-corrected chi connectivity index (χ1v) is 8.09. The summed E-state index contributed by atoms with van der Waals surface area (Å²) in [5.41, 5.74) is 3.62. The number of benzene rings is 2. The molecule has 0 fully saturated rings. The fraction of sp³-hybridized carbons (Fsp3) is 0.200. The van der Waals surface area contributed by atoms with Crippen LogP contribution >= 0.6 is 0 Å². The molecule has 0 unspecified atom stereocenters. The van der Waals surface area contributed by atoms with Crippen LogP contribution in [0, 0.1) is 0 Å². The maximum Gasteiger partial charge on any atom is 0.253 e. The Morgan fingerprint density at radius 3 is 2.68 bits per heavy atom. The number of amides is 1. The second-order valence-electron chi connectivity index (χ2n) is 5.92. The molecule has 1 aromatic heterocycles. The van der Waals surface area contributed by atoms with E-state index in [1.165, 1.54) is 0 Å². The Bertz CT molecular complexity index is 843. The van der Waals surface area contributed by atoms with Gasteiger partial charge in [-0.3, -0.25) is 4.79 Å². The van der Waals surface area contributed by atoms with Gasteiger partial charge in [0.25, 0.3) is 5.91 Å². The van der Waals surface area contributed by atoms with Crippen molar-refractivity contribution in [2.45, 2.75) is 13.2 Å². The average molecular weight is 335 g/mol. The van der Waals surface area contributed by atoms with Crippen LogP contribution in [0.5, 0.6) is 0 Å². The van der Waals surface area contributed by atoms with Gasteiger partial charge >= 0.3 is 0 Å². The molecule has 0 radical (unpaired) electrons. The average Bonchev–Trinajstić information content (AvgIpc) is 3.11. The number of ether oxygens (including phenoxy) is 1. The summed E-state index contributed by atoms with van der Waals surface area (Å²) in [5.74, 6) is -0.0228. The van der Waals surface area contributed by atoms with Crippen molar-refractivity contribution >= 4 is 5.91 Å². The van der Waals surface area contributed by atoms with Crippen LogP contribution in [0.15, 0.2) is 67.0 Å². The number of methoxy groups -OCH3 is 1. The highest BCUT2D eigenvalue weighted by molar-refractivity contribution is 5.94. The van der Waals surface area contributed by atoms with Gasteiger partial charge in [-0.15, -0.1) is 0 Å². The number of aromatic nitrogens is 2. The zero-order valence-corrected chi connectivity index (χ0v) is 14.4. The number of carbonyl (C=O) groups is 1. The molecule has 1 amide bonds. The minimum Gasteiger partial charge on any atom is -0.380 e. The Labute approximate surface area is 147 Å². The van der Waals surface area contributed by atoms with Crippen LogP contribution in [0.4, 0.5) is 0 Å². The van der Waals surface area contributed by atoms with Crippen molar-refractivity contribution in [1.29, 1.82) is 0 Å². The van der Waals surface area contributed by atoms with Crippen molar-refractivity contribution in [3.8, 4) is 5.69 Å². The second-order valence-corrected chi connectivity index (χ2v) is 5.92. The molecule has 0 aliphatic heterocycles. The van der Waals surface area contributed by atoms with Crippen molar-refractivity contribution in [2.24, 2.45) is 0 Å². The predicted octanol–water partition coefficient (Wildman–Crippen LogP) is 3.29. The van der Waals surface area contributed by atoms with E-state index in [1.807, 2.05) is 65.5 Å². The highest BCUT2D eigenvalue weighted by Gasteiger charge is 2.13. The Morgan fingerprint density at radius 2 is 1.92 bits per heavy atom. The molecule has 128 valence electrons. The van der Waals surface area contributed by atoms with Gasteiger partial charge in [0.1, 0.15) is 0 Å². The topological polar surface area (TPSA) is 47.4 Å². The van der Waals surface area contributed by atoms with Crippen LogP contribution in [0.25, 0.3) is 5.69 Å². The standard InChI is InChI=1S/C20H21N3O2/c1-22(20(24)18-8-6-7-16(11-18)15-25-2)13-17-12-21-23(14-17)19-9-4-3-5-10-19/h3-12,14H,13,15H2,1-2H3. The molecule has 0 saturated carbocycles. The second kappa shape index (κ2) is 7.77. The number of nitrogens with zero attached hydrogens (tertiary/aromatic N) is 3. The number of hydrogen-bond donors (Lipinski definition) is 0. The molecular formula is C20H21N3O2. The molecule has 25 heavy (non-hydrogen) atoms. The van der Waals surface area contributed by atoms with E-state index in [9.17, 15) is 4.79 Å². The first-order valence-electron chi connectivity index (χ1n) is 8.09. The Hall–Kier alpha value is -2.92. The minimum absolute atomic E-state index is 0.0228. The molecule has 0 saturated heterocycles. The third kappa shape index (κ3) is 4.14. The fourth-order valence-corrected chi connectivity index (χ4v) is 2.69. The molecular weight excluding hydrogens is 314 g/mol. The molecule has 5 heteroatoms. The number of carbonyl (C=O) groups excluding carboxylic acids is 1. The highest BCUT2D eigenvalue weighted by atomic mass is 16.5. The fourth-order valence-electron chi connectivity index (χ4n) is 2.69. The summed E-state index contributed by atoms with van der Waals surface area (Å²) in [5, 5.41) is 4.37. The monoisotopic (exact) mass is 335 g/mol. The third-order valence-electron chi connectivity index (χ3n) is 3.91. The van der Waals surface area contributed by atoms with Gasteiger partial charge < -0.3 is 9.64 Å². The van der Waals surface area contributed by atoms with Crippen molar-refractivity contribution in [3.63, 3.8) is 0 Å². The molecule has 3 rings (SSSR count). The lowest BCUT2D eigenvalue weighted by Gasteiger charge is -2.16. The van der Waals surface area contributed by atoms with Crippen LogP contribution in [0.2, 0.25) is 0 Å². The summed E-state index contributed by atoms with van der Waals surface area (Å²) >= 11 is 0. The summed E-state index contributed by atoms with van der Waals surface area (Å²) in [6, 6.07) is 17.4. The lowest BCUT2D eigenvalue weighted by atomic mass is 10.1. The van der Waals surface area contributed by atoms with E-state index in [0.29, 0.717) is 18.7 Å². The van der Waals surface area contributed by atoms with Gasteiger partial charge in [-0.2, -0.15) is 5.10 Å². The largest absolute Gasteiger partial charge is 0.380 e. The summed E-state index contributed by atoms with van der Waals surface area (Å²) in [6.45, 7) is 0.995. The zero-order valence-electron chi connectivity index (χ0n) is 14.4. The molecule has 0 atom stereocenters. The maximum absolute atomic E-state index is 12.6. The van der Waals surface area contributed by atoms with Gasteiger partial charge in [-0.25, -0.2) is 4.68 Å². The first-order chi connectivity index (χ1) is 12.2. The van der Waals surface area contributed by atoms with Crippen molar-refractivity contribution in [3.05, 3.63) is 83.7 Å². The van der Waals surface area contributed by atoms with Gasteiger partial charge in [0.2, 0.25) is 0 Å². The molecule has 0 aliphatic carbocycles. The Kier molecular flexibility index (Phi) is 5.26. The van der Waals surface area contributed by atoms with E-state index >= 15 is 0 Å². The highest BCUT2D eigenvalue weighted by Crippen LogP contribution is 2.13. The third-order valence-corrected chi connectivity index (χ3v) is 3.91. The Balaban J connectivity index is 1.70. The molecule has 0 spiro atoms. The molecule has 1 heterocycles. The Morgan fingerprint density at radius 1 is 1.12 bits per heavy atom. The molecule has 5 nitrogen and oxygen atoms in total.